The summed E-state index contributed by atoms with van der Waals surface area (Å²) < 4.78 is 0. The van der Waals surface area contributed by atoms with Crippen LogP contribution in [0.5, 0.6) is 0 Å². The molecule has 0 aliphatic rings. The maximum atomic E-state index is 12.1. The summed E-state index contributed by atoms with van der Waals surface area (Å²) in [7, 11) is -2.56. The third kappa shape index (κ3) is 1.65. The number of benzene rings is 1. The van der Waals surface area contributed by atoms with Gasteiger partial charge in [-0.1, -0.05) is 43.0 Å². The standard InChI is InChI=1S/C10H13OSi/c1-3-12(11,4-2)10-8-6-5-7-9-10/h3,5-9H,1,4H2,2H3. The van der Waals surface area contributed by atoms with Crippen molar-refractivity contribution in [3.8, 4) is 0 Å². The molecule has 0 amide bonds. The van der Waals surface area contributed by atoms with E-state index in [0.717, 1.165) is 5.19 Å². The van der Waals surface area contributed by atoms with Crippen LogP contribution in [0, 0.1) is 0 Å². The van der Waals surface area contributed by atoms with Gasteiger partial charge in [-0.3, -0.25) is 4.80 Å². The fourth-order valence-electron chi connectivity index (χ4n) is 1.19. The minimum Gasteiger partial charge on any atom is -0.286 e. The van der Waals surface area contributed by atoms with Crippen LogP contribution in [0.2, 0.25) is 6.04 Å². The molecule has 63 valence electrons. The van der Waals surface area contributed by atoms with E-state index in [9.17, 15) is 4.80 Å². The third-order valence-corrected chi connectivity index (χ3v) is 5.14. The molecule has 0 aliphatic heterocycles. The Bertz CT molecular complexity index is 258. The molecular weight excluding hydrogens is 164 g/mol. The quantitative estimate of drug-likeness (QED) is 0.629. The number of rotatable bonds is 3. The second-order valence-corrected chi connectivity index (χ2v) is 6.28. The predicted octanol–water partition coefficient (Wildman–Crippen LogP) is 2.01. The molecule has 0 saturated heterocycles. The molecular formula is C10H13OSi. The summed E-state index contributed by atoms with van der Waals surface area (Å²) in [6.45, 7) is 5.57. The fraction of sp³-hybridized carbons (Fsp3) is 0.200. The van der Waals surface area contributed by atoms with Crippen LogP contribution in [-0.2, 0) is 4.80 Å². The zero-order chi connectivity index (χ0) is 9.03. The van der Waals surface area contributed by atoms with Gasteiger partial charge in [0, 0.05) is 0 Å². The largest absolute Gasteiger partial charge is 0.290 e. The van der Waals surface area contributed by atoms with Crippen LogP contribution in [0.25, 0.3) is 0 Å². The molecule has 0 spiro atoms. The SMILES string of the molecule is C=C[Si]([O])(CC)c1ccccc1. The Hall–Kier alpha value is -0.863. The van der Waals surface area contributed by atoms with Gasteiger partial charge in [0.05, 0.1) is 0 Å². The average Bonchev–Trinajstić information content (AvgIpc) is 2.18. The highest BCUT2D eigenvalue weighted by molar-refractivity contribution is 6.89. The van der Waals surface area contributed by atoms with Crippen molar-refractivity contribution in [2.24, 2.45) is 0 Å². The highest BCUT2D eigenvalue weighted by Crippen LogP contribution is 2.07. The van der Waals surface area contributed by atoms with Crippen molar-refractivity contribution >= 4 is 13.5 Å². The first kappa shape index (κ1) is 9.23. The second kappa shape index (κ2) is 3.69. The lowest BCUT2D eigenvalue weighted by molar-refractivity contribution is 0.442. The maximum Gasteiger partial charge on any atom is 0.290 e. The molecule has 0 aromatic heterocycles. The predicted molar refractivity (Wildman–Crippen MR) is 53.2 cm³/mol. The highest BCUT2D eigenvalue weighted by atomic mass is 28.4. The molecule has 0 fully saturated rings. The Labute approximate surface area is 74.5 Å². The first-order chi connectivity index (χ1) is 5.73. The van der Waals surface area contributed by atoms with E-state index in [1.807, 2.05) is 37.3 Å². The van der Waals surface area contributed by atoms with Crippen LogP contribution in [-0.4, -0.2) is 8.32 Å². The highest BCUT2D eigenvalue weighted by Gasteiger charge is 2.29. The lowest BCUT2D eigenvalue weighted by Crippen LogP contribution is -2.44. The van der Waals surface area contributed by atoms with E-state index in [4.69, 9.17) is 0 Å². The summed E-state index contributed by atoms with van der Waals surface area (Å²) in [5.74, 6) is 0. The topological polar surface area (TPSA) is 19.9 Å². The Morgan fingerprint density at radius 2 is 2.00 bits per heavy atom. The molecule has 1 radical (unpaired) electrons. The molecule has 1 unspecified atom stereocenters. The van der Waals surface area contributed by atoms with Crippen LogP contribution in [0.4, 0.5) is 0 Å². The van der Waals surface area contributed by atoms with Crippen LogP contribution in [0.15, 0.2) is 42.6 Å². The average molecular weight is 177 g/mol. The van der Waals surface area contributed by atoms with Crippen molar-refractivity contribution in [3.05, 3.63) is 42.6 Å². The first-order valence-corrected chi connectivity index (χ1v) is 6.32. The molecule has 1 rings (SSSR count). The van der Waals surface area contributed by atoms with E-state index < -0.39 is 8.32 Å². The third-order valence-electron chi connectivity index (χ3n) is 2.12. The minimum absolute atomic E-state index is 0.681. The lowest BCUT2D eigenvalue weighted by Gasteiger charge is -2.15. The Morgan fingerprint density at radius 1 is 1.42 bits per heavy atom. The van der Waals surface area contributed by atoms with E-state index >= 15 is 0 Å². The summed E-state index contributed by atoms with van der Waals surface area (Å²) in [6.07, 6.45) is 0. The van der Waals surface area contributed by atoms with E-state index in [2.05, 4.69) is 6.58 Å². The molecule has 0 aliphatic carbocycles. The molecule has 2 heteroatoms. The zero-order valence-electron chi connectivity index (χ0n) is 7.29. The normalized spacial score (nSPS) is 15.2. The summed E-state index contributed by atoms with van der Waals surface area (Å²) >= 11 is 0. The molecule has 1 atom stereocenters. The second-order valence-electron chi connectivity index (χ2n) is 2.81. The van der Waals surface area contributed by atoms with Gasteiger partial charge in [0.25, 0.3) is 8.32 Å². The van der Waals surface area contributed by atoms with Crippen molar-refractivity contribution in [3.63, 3.8) is 0 Å². The smallest absolute Gasteiger partial charge is 0.286 e. The Morgan fingerprint density at radius 3 is 2.42 bits per heavy atom. The van der Waals surface area contributed by atoms with Gasteiger partial charge in [-0.25, -0.2) is 0 Å². The van der Waals surface area contributed by atoms with Gasteiger partial charge >= 0.3 is 0 Å². The van der Waals surface area contributed by atoms with Crippen molar-refractivity contribution < 1.29 is 4.80 Å². The zero-order valence-corrected chi connectivity index (χ0v) is 8.29. The van der Waals surface area contributed by atoms with E-state index in [1.165, 1.54) is 0 Å². The molecule has 1 nitrogen and oxygen atoms in total. The van der Waals surface area contributed by atoms with E-state index in [-0.39, 0.29) is 0 Å². The molecule has 0 saturated carbocycles. The minimum atomic E-state index is -2.56. The van der Waals surface area contributed by atoms with Crippen LogP contribution < -0.4 is 5.19 Å². The molecule has 1 aromatic carbocycles. The van der Waals surface area contributed by atoms with Crippen molar-refractivity contribution in [1.82, 2.24) is 0 Å². The van der Waals surface area contributed by atoms with E-state index in [0.29, 0.717) is 6.04 Å². The monoisotopic (exact) mass is 177 g/mol. The Kier molecular flexibility index (Phi) is 2.84. The van der Waals surface area contributed by atoms with Gasteiger partial charge in [-0.15, -0.1) is 6.58 Å². The van der Waals surface area contributed by atoms with Gasteiger partial charge in [0.1, 0.15) is 0 Å². The van der Waals surface area contributed by atoms with Gasteiger partial charge in [-0.05, 0) is 11.2 Å². The number of hydrogen-bond acceptors (Lipinski definition) is 0. The fourth-order valence-corrected chi connectivity index (χ4v) is 2.88. The van der Waals surface area contributed by atoms with Crippen molar-refractivity contribution in [2.45, 2.75) is 13.0 Å². The lowest BCUT2D eigenvalue weighted by atomic mass is 10.4. The van der Waals surface area contributed by atoms with Crippen molar-refractivity contribution in [2.75, 3.05) is 0 Å². The molecule has 1 aromatic rings. The van der Waals surface area contributed by atoms with Gasteiger partial charge in [0.15, 0.2) is 0 Å². The number of hydrogen-bond donors (Lipinski definition) is 0. The molecule has 0 N–H and O–H groups in total. The van der Waals surface area contributed by atoms with Crippen LogP contribution in [0.3, 0.4) is 0 Å². The summed E-state index contributed by atoms with van der Waals surface area (Å²) in [4.78, 5) is 12.1. The molecule has 0 heterocycles. The summed E-state index contributed by atoms with van der Waals surface area (Å²) in [5, 5.41) is 0.933. The molecule has 0 bridgehead atoms. The first-order valence-electron chi connectivity index (χ1n) is 4.12. The molecule has 12 heavy (non-hydrogen) atoms. The summed E-state index contributed by atoms with van der Waals surface area (Å²) in [6, 6.07) is 10.2. The van der Waals surface area contributed by atoms with Gasteiger partial charge in [0.2, 0.25) is 0 Å². The van der Waals surface area contributed by atoms with E-state index in [1.54, 1.807) is 5.70 Å². The van der Waals surface area contributed by atoms with Crippen LogP contribution >= 0.6 is 0 Å². The summed E-state index contributed by atoms with van der Waals surface area (Å²) in [5.41, 5.74) is 1.61. The van der Waals surface area contributed by atoms with Gasteiger partial charge in [-0.2, -0.15) is 0 Å². The Balaban J connectivity index is 3.03. The van der Waals surface area contributed by atoms with Crippen molar-refractivity contribution in [1.29, 1.82) is 0 Å². The van der Waals surface area contributed by atoms with Gasteiger partial charge < -0.3 is 0 Å². The maximum absolute atomic E-state index is 12.1. The van der Waals surface area contributed by atoms with Crippen LogP contribution in [0.1, 0.15) is 6.92 Å².